The second-order valence-electron chi connectivity index (χ2n) is 7.30. The molecule has 2 atom stereocenters. The average Bonchev–Trinajstić information content (AvgIpc) is 3.59. The molecule has 0 saturated heterocycles. The molecule has 0 radical (unpaired) electrons. The highest BCUT2D eigenvalue weighted by Crippen LogP contribution is 2.28. The molecule has 0 heterocycles. The minimum atomic E-state index is -1.01. The third-order valence-corrected chi connectivity index (χ3v) is 4.84. The molecule has 1 fully saturated rings. The summed E-state index contributed by atoms with van der Waals surface area (Å²) in [4.78, 5) is 48.7. The van der Waals surface area contributed by atoms with E-state index in [0.29, 0.717) is 18.2 Å². The van der Waals surface area contributed by atoms with Crippen LogP contribution >= 0.6 is 0 Å². The molecule has 30 heavy (non-hydrogen) atoms. The summed E-state index contributed by atoms with van der Waals surface area (Å²) in [6.07, 6.45) is 2.58. The fourth-order valence-corrected chi connectivity index (χ4v) is 2.80. The zero-order valence-corrected chi connectivity index (χ0v) is 16.9. The van der Waals surface area contributed by atoms with Gasteiger partial charge >= 0.3 is 0 Å². The van der Waals surface area contributed by atoms with Crippen molar-refractivity contribution in [2.45, 2.75) is 57.7 Å². The van der Waals surface area contributed by atoms with Crippen molar-refractivity contribution in [2.24, 2.45) is 5.92 Å². The van der Waals surface area contributed by atoms with Crippen molar-refractivity contribution in [2.75, 3.05) is 0 Å². The molecule has 9 heteroatoms. The smallest absolute Gasteiger partial charge is 0.243 e. The van der Waals surface area contributed by atoms with Crippen LogP contribution in [0.15, 0.2) is 24.3 Å². The number of hydrogen-bond donors (Lipinski definition) is 4. The number of nitrogens with one attached hydrogen (secondary N) is 4. The van der Waals surface area contributed by atoms with E-state index in [2.05, 4.69) is 16.0 Å². The van der Waals surface area contributed by atoms with Gasteiger partial charge in [-0.2, -0.15) is 0 Å². The number of carbonyl (C=O) groups is 4. The summed E-state index contributed by atoms with van der Waals surface area (Å²) in [6, 6.07) is 3.83. The van der Waals surface area contributed by atoms with Crippen molar-refractivity contribution < 1.29 is 23.6 Å². The summed E-state index contributed by atoms with van der Waals surface area (Å²) in [5.41, 5.74) is 0.675. The van der Waals surface area contributed by atoms with Gasteiger partial charge in [-0.25, -0.2) is 4.39 Å². The molecule has 4 N–H and O–H groups in total. The third kappa shape index (κ3) is 7.38. The Hall–Kier alpha value is -3.10. The van der Waals surface area contributed by atoms with E-state index in [9.17, 15) is 23.6 Å². The Bertz CT molecular complexity index is 793. The maximum Gasteiger partial charge on any atom is 0.243 e. The summed E-state index contributed by atoms with van der Waals surface area (Å²) >= 11 is 0. The van der Waals surface area contributed by atoms with Gasteiger partial charge in [0.1, 0.15) is 17.9 Å². The van der Waals surface area contributed by atoms with Crippen molar-refractivity contribution in [3.05, 3.63) is 35.6 Å². The van der Waals surface area contributed by atoms with Gasteiger partial charge < -0.3 is 21.4 Å². The number of carbonyl (C=O) groups excluding carboxylic acids is 4. The van der Waals surface area contributed by atoms with Gasteiger partial charge in [0.2, 0.25) is 17.7 Å². The predicted octanol–water partition coefficient (Wildman–Crippen LogP) is 1.23. The van der Waals surface area contributed by atoms with Crippen LogP contribution in [-0.4, -0.2) is 41.8 Å². The Balaban J connectivity index is 1.98. The molecular formula is C21H27FN4O4. The van der Waals surface area contributed by atoms with Gasteiger partial charge in [0.05, 0.1) is 6.21 Å². The predicted molar refractivity (Wildman–Crippen MR) is 108 cm³/mol. The first-order valence-corrected chi connectivity index (χ1v) is 10.00. The molecule has 162 valence electrons. The van der Waals surface area contributed by atoms with E-state index in [1.807, 2.05) is 0 Å². The Kier molecular flexibility index (Phi) is 8.64. The normalized spacial score (nSPS) is 14.9. The summed E-state index contributed by atoms with van der Waals surface area (Å²) in [6.45, 7) is 1.87. The molecule has 2 rings (SSSR count). The van der Waals surface area contributed by atoms with Crippen LogP contribution in [0.3, 0.4) is 0 Å². The Labute approximate surface area is 174 Å². The number of halogens is 1. The molecule has 3 amide bonds. The van der Waals surface area contributed by atoms with Crippen LogP contribution in [0.1, 0.15) is 44.6 Å². The molecule has 0 bridgehead atoms. The quantitative estimate of drug-likeness (QED) is 0.381. The van der Waals surface area contributed by atoms with E-state index in [-0.39, 0.29) is 37.0 Å². The maximum atomic E-state index is 13.0. The summed E-state index contributed by atoms with van der Waals surface area (Å²) < 4.78 is 13.0. The summed E-state index contributed by atoms with van der Waals surface area (Å²) in [7, 11) is 0. The second-order valence-corrected chi connectivity index (χ2v) is 7.30. The van der Waals surface area contributed by atoms with Crippen LogP contribution in [0.2, 0.25) is 0 Å². The van der Waals surface area contributed by atoms with Crippen LogP contribution < -0.4 is 16.0 Å². The van der Waals surface area contributed by atoms with Crippen molar-refractivity contribution in [3.63, 3.8) is 0 Å². The van der Waals surface area contributed by atoms with E-state index in [1.165, 1.54) is 24.3 Å². The highest BCUT2D eigenvalue weighted by Gasteiger charge is 2.33. The van der Waals surface area contributed by atoms with Crippen molar-refractivity contribution >= 4 is 29.7 Å². The standard InChI is InChI=1S/C21H27FN4O4/c1-2-17(25-19(28)14-5-6-14)21(30)26-18(10-9-16(27)11-23)20(29)24-12-13-3-7-15(22)8-4-13/h3-4,7-8,11,14,17-18,23H,2,5-6,9-10,12H2,1H3,(H,24,29)(H,25,28)(H,26,30)/t17-,18-/m0/s1. The minimum Gasteiger partial charge on any atom is -0.350 e. The van der Waals surface area contributed by atoms with E-state index in [0.717, 1.165) is 12.8 Å². The molecule has 0 spiro atoms. The minimum absolute atomic E-state index is 0.0161. The SMILES string of the molecule is CC[C@H](NC(=O)C1CC1)C(=O)N[C@@H](CCC(=O)C=N)C(=O)NCc1ccc(F)cc1. The zero-order valence-electron chi connectivity index (χ0n) is 16.9. The monoisotopic (exact) mass is 418 g/mol. The second kappa shape index (κ2) is 11.2. The molecule has 1 saturated carbocycles. The number of hydrogen-bond acceptors (Lipinski definition) is 5. The Morgan fingerprint density at radius 2 is 1.77 bits per heavy atom. The van der Waals surface area contributed by atoms with E-state index >= 15 is 0 Å². The van der Waals surface area contributed by atoms with Gasteiger partial charge in [-0.3, -0.25) is 19.2 Å². The lowest BCUT2D eigenvalue weighted by Crippen LogP contribution is -2.53. The highest BCUT2D eigenvalue weighted by atomic mass is 19.1. The first kappa shape index (κ1) is 23.2. The molecular weight excluding hydrogens is 391 g/mol. The molecule has 0 aromatic heterocycles. The molecule has 0 unspecified atom stereocenters. The lowest BCUT2D eigenvalue weighted by molar-refractivity contribution is -0.132. The van der Waals surface area contributed by atoms with Gasteiger partial charge in [0.15, 0.2) is 5.78 Å². The molecule has 1 aliphatic rings. The topological polar surface area (TPSA) is 128 Å². The van der Waals surface area contributed by atoms with Crippen LogP contribution in [0.5, 0.6) is 0 Å². The van der Waals surface area contributed by atoms with Crippen LogP contribution in [0, 0.1) is 17.1 Å². The van der Waals surface area contributed by atoms with Gasteiger partial charge in [-0.1, -0.05) is 19.1 Å². The van der Waals surface area contributed by atoms with Gasteiger partial charge in [0.25, 0.3) is 0 Å². The molecule has 1 aromatic carbocycles. The summed E-state index contributed by atoms with van der Waals surface area (Å²) in [5, 5.41) is 14.9. The zero-order chi connectivity index (χ0) is 22.1. The lowest BCUT2D eigenvalue weighted by Gasteiger charge is -2.22. The Morgan fingerprint density at radius 1 is 1.10 bits per heavy atom. The van der Waals surface area contributed by atoms with Crippen LogP contribution in [0.4, 0.5) is 4.39 Å². The van der Waals surface area contributed by atoms with E-state index in [4.69, 9.17) is 5.41 Å². The molecule has 1 aliphatic carbocycles. The lowest BCUT2D eigenvalue weighted by atomic mass is 10.1. The largest absolute Gasteiger partial charge is 0.350 e. The van der Waals surface area contributed by atoms with Crippen molar-refractivity contribution in [3.8, 4) is 0 Å². The number of Topliss-reactive ketones (excluding diaryl/α,β-unsaturated/α-hetero) is 1. The number of benzene rings is 1. The fraction of sp³-hybridized carbons (Fsp3) is 0.476. The van der Waals surface area contributed by atoms with Gasteiger partial charge in [-0.15, -0.1) is 0 Å². The number of amides is 3. The van der Waals surface area contributed by atoms with Gasteiger partial charge in [0, 0.05) is 18.9 Å². The molecule has 0 aliphatic heterocycles. The Morgan fingerprint density at radius 3 is 2.33 bits per heavy atom. The van der Waals surface area contributed by atoms with Crippen LogP contribution in [-0.2, 0) is 25.7 Å². The third-order valence-electron chi connectivity index (χ3n) is 4.84. The number of ketones is 1. The van der Waals surface area contributed by atoms with Crippen molar-refractivity contribution in [1.82, 2.24) is 16.0 Å². The maximum absolute atomic E-state index is 13.0. The summed E-state index contributed by atoms with van der Waals surface area (Å²) in [5.74, 6) is -2.08. The van der Waals surface area contributed by atoms with Crippen molar-refractivity contribution in [1.29, 1.82) is 5.41 Å². The van der Waals surface area contributed by atoms with E-state index in [1.54, 1.807) is 6.92 Å². The van der Waals surface area contributed by atoms with E-state index < -0.39 is 29.7 Å². The average molecular weight is 418 g/mol. The fourth-order valence-electron chi connectivity index (χ4n) is 2.80. The first-order valence-electron chi connectivity index (χ1n) is 10.00. The number of rotatable bonds is 12. The first-order chi connectivity index (χ1) is 14.3. The molecule has 1 aromatic rings. The van der Waals surface area contributed by atoms with Gasteiger partial charge in [-0.05, 0) is 43.4 Å². The van der Waals surface area contributed by atoms with Crippen LogP contribution in [0.25, 0.3) is 0 Å². The molecule has 8 nitrogen and oxygen atoms in total. The highest BCUT2D eigenvalue weighted by molar-refractivity contribution is 6.26.